The topological polar surface area (TPSA) is 29.3 Å². The summed E-state index contributed by atoms with van der Waals surface area (Å²) in [6.07, 6.45) is 7.11. The minimum absolute atomic E-state index is 0. The van der Waals surface area contributed by atoms with E-state index < -0.39 is 0 Å². The van der Waals surface area contributed by atoms with Crippen LogP contribution in [0.25, 0.3) is 0 Å². The van der Waals surface area contributed by atoms with Crippen LogP contribution in [0.3, 0.4) is 0 Å². The molecule has 2 fully saturated rings. The van der Waals surface area contributed by atoms with Crippen molar-refractivity contribution < 1.29 is 0 Å². The molecular weight excluding hydrogens is 232 g/mol. The van der Waals surface area contributed by atoms with Crippen molar-refractivity contribution in [3.05, 3.63) is 0 Å². The number of hydrogen-bond donors (Lipinski definition) is 1. The third-order valence-corrected chi connectivity index (χ3v) is 4.91. The molecule has 2 rings (SSSR count). The number of nitrogens with two attached hydrogens (primary N) is 1. The van der Waals surface area contributed by atoms with E-state index in [1.54, 1.807) is 0 Å². The van der Waals surface area contributed by atoms with Gasteiger partial charge in [0.15, 0.2) is 0 Å². The summed E-state index contributed by atoms with van der Waals surface area (Å²) in [5, 5.41) is 0. The third-order valence-electron chi connectivity index (χ3n) is 4.91. The molecule has 0 aromatic carbocycles. The van der Waals surface area contributed by atoms with Gasteiger partial charge in [-0.05, 0) is 43.2 Å². The van der Waals surface area contributed by atoms with Crippen LogP contribution in [0.15, 0.2) is 0 Å². The maximum absolute atomic E-state index is 5.86. The fourth-order valence-corrected chi connectivity index (χ4v) is 3.44. The summed E-state index contributed by atoms with van der Waals surface area (Å²) in [6.45, 7) is 9.48. The van der Waals surface area contributed by atoms with Crippen molar-refractivity contribution in [3.8, 4) is 0 Å². The summed E-state index contributed by atoms with van der Waals surface area (Å²) >= 11 is 0. The normalized spacial score (nSPS) is 39.0. The Balaban J connectivity index is 0.00000144. The van der Waals surface area contributed by atoms with Crippen molar-refractivity contribution in [2.45, 2.75) is 46.0 Å². The lowest BCUT2D eigenvalue weighted by Gasteiger charge is -2.32. The van der Waals surface area contributed by atoms with Gasteiger partial charge in [0.2, 0.25) is 0 Å². The van der Waals surface area contributed by atoms with Crippen molar-refractivity contribution in [1.29, 1.82) is 0 Å². The van der Waals surface area contributed by atoms with Gasteiger partial charge in [-0.3, -0.25) is 0 Å². The van der Waals surface area contributed by atoms with Gasteiger partial charge in [0, 0.05) is 13.1 Å². The molecule has 102 valence electrons. The Bertz CT molecular complexity index is 234. The second-order valence-corrected chi connectivity index (χ2v) is 6.52. The minimum Gasteiger partial charge on any atom is -0.330 e. The number of nitrogens with zero attached hydrogens (tertiary/aromatic N) is 1. The predicted molar refractivity (Wildman–Crippen MR) is 76.6 cm³/mol. The zero-order valence-electron chi connectivity index (χ0n) is 11.5. The van der Waals surface area contributed by atoms with Crippen molar-refractivity contribution in [1.82, 2.24) is 4.90 Å². The summed E-state index contributed by atoms with van der Waals surface area (Å²) in [5.41, 5.74) is 6.26. The van der Waals surface area contributed by atoms with Gasteiger partial charge >= 0.3 is 0 Å². The SMILES string of the molecule is CC1CCCCC1CN1CCC(C)(CN)C1.Cl. The minimum atomic E-state index is 0. The third kappa shape index (κ3) is 3.84. The molecule has 2 N–H and O–H groups in total. The lowest BCUT2D eigenvalue weighted by molar-refractivity contribution is 0.169. The van der Waals surface area contributed by atoms with Crippen LogP contribution >= 0.6 is 12.4 Å². The Hall–Kier alpha value is 0.210. The summed E-state index contributed by atoms with van der Waals surface area (Å²) < 4.78 is 0. The lowest BCUT2D eigenvalue weighted by atomic mass is 9.80. The van der Waals surface area contributed by atoms with Crippen molar-refractivity contribution in [2.24, 2.45) is 23.0 Å². The monoisotopic (exact) mass is 260 g/mol. The predicted octanol–water partition coefficient (Wildman–Crippen LogP) is 2.91. The van der Waals surface area contributed by atoms with E-state index in [1.165, 1.54) is 51.7 Å². The van der Waals surface area contributed by atoms with Crippen molar-refractivity contribution >= 4 is 12.4 Å². The van der Waals surface area contributed by atoms with Crippen molar-refractivity contribution in [2.75, 3.05) is 26.2 Å². The van der Waals surface area contributed by atoms with Crippen LogP contribution < -0.4 is 5.73 Å². The second kappa shape index (κ2) is 6.40. The molecule has 0 aromatic heterocycles. The van der Waals surface area contributed by atoms with Crippen LogP contribution in [0.2, 0.25) is 0 Å². The molecule has 2 nitrogen and oxygen atoms in total. The molecule has 0 spiro atoms. The van der Waals surface area contributed by atoms with E-state index in [4.69, 9.17) is 5.73 Å². The molecule has 0 radical (unpaired) electrons. The van der Waals surface area contributed by atoms with Crippen LogP contribution in [-0.4, -0.2) is 31.1 Å². The Morgan fingerprint density at radius 2 is 2.00 bits per heavy atom. The van der Waals surface area contributed by atoms with Gasteiger partial charge in [0.1, 0.15) is 0 Å². The summed E-state index contributed by atoms with van der Waals surface area (Å²) in [4.78, 5) is 2.67. The van der Waals surface area contributed by atoms with Crippen LogP contribution in [-0.2, 0) is 0 Å². The molecule has 3 heteroatoms. The first kappa shape index (κ1) is 15.3. The lowest BCUT2D eigenvalue weighted by Crippen LogP contribution is -2.35. The van der Waals surface area contributed by atoms with E-state index in [9.17, 15) is 0 Å². The van der Waals surface area contributed by atoms with E-state index in [1.807, 2.05) is 0 Å². The van der Waals surface area contributed by atoms with Crippen LogP contribution in [0.1, 0.15) is 46.0 Å². The average Bonchev–Trinajstić information content (AvgIpc) is 2.65. The van der Waals surface area contributed by atoms with Gasteiger partial charge in [-0.15, -0.1) is 12.4 Å². The van der Waals surface area contributed by atoms with E-state index in [0.29, 0.717) is 5.41 Å². The Morgan fingerprint density at radius 3 is 2.59 bits per heavy atom. The van der Waals surface area contributed by atoms with Gasteiger partial charge in [-0.25, -0.2) is 0 Å². The first-order valence-corrected chi connectivity index (χ1v) is 7.05. The highest BCUT2D eigenvalue weighted by molar-refractivity contribution is 5.85. The fourth-order valence-electron chi connectivity index (χ4n) is 3.44. The first-order valence-electron chi connectivity index (χ1n) is 7.05. The maximum atomic E-state index is 5.86. The highest BCUT2D eigenvalue weighted by atomic mass is 35.5. The molecule has 2 aliphatic rings. The van der Waals surface area contributed by atoms with Gasteiger partial charge in [-0.2, -0.15) is 0 Å². The molecule has 1 heterocycles. The molecule has 17 heavy (non-hydrogen) atoms. The zero-order chi connectivity index (χ0) is 11.6. The van der Waals surface area contributed by atoms with Crippen molar-refractivity contribution in [3.63, 3.8) is 0 Å². The van der Waals surface area contributed by atoms with E-state index >= 15 is 0 Å². The summed E-state index contributed by atoms with van der Waals surface area (Å²) in [6, 6.07) is 0. The summed E-state index contributed by atoms with van der Waals surface area (Å²) in [5.74, 6) is 1.90. The molecule has 1 aliphatic heterocycles. The van der Waals surface area contributed by atoms with Gasteiger partial charge in [0.05, 0.1) is 0 Å². The van der Waals surface area contributed by atoms with Crippen LogP contribution in [0.5, 0.6) is 0 Å². The first-order chi connectivity index (χ1) is 7.63. The standard InChI is InChI=1S/C14H28N2.ClH/c1-12-5-3-4-6-13(12)9-16-8-7-14(2,10-15)11-16;/h12-13H,3-11,15H2,1-2H3;1H. The highest BCUT2D eigenvalue weighted by Crippen LogP contribution is 2.34. The highest BCUT2D eigenvalue weighted by Gasteiger charge is 2.34. The number of likely N-dealkylation sites (tertiary alicyclic amines) is 1. The molecular formula is C14H29ClN2. The molecule has 0 aromatic rings. The largest absolute Gasteiger partial charge is 0.330 e. The van der Waals surface area contributed by atoms with Gasteiger partial charge in [0.25, 0.3) is 0 Å². The number of rotatable bonds is 3. The molecule has 0 amide bonds. The molecule has 1 saturated carbocycles. The molecule has 1 aliphatic carbocycles. The second-order valence-electron chi connectivity index (χ2n) is 6.52. The Morgan fingerprint density at radius 1 is 1.29 bits per heavy atom. The average molecular weight is 261 g/mol. The molecule has 3 unspecified atom stereocenters. The molecule has 3 atom stereocenters. The Kier molecular flexibility index (Phi) is 5.75. The quantitative estimate of drug-likeness (QED) is 0.846. The smallest absolute Gasteiger partial charge is 0.00480 e. The zero-order valence-corrected chi connectivity index (χ0v) is 12.3. The Labute approximate surface area is 113 Å². The molecule has 0 bridgehead atoms. The van der Waals surface area contributed by atoms with E-state index in [0.717, 1.165) is 18.4 Å². The van der Waals surface area contributed by atoms with Gasteiger partial charge in [-0.1, -0.05) is 33.1 Å². The fraction of sp³-hybridized carbons (Fsp3) is 1.00. The number of hydrogen-bond acceptors (Lipinski definition) is 2. The maximum Gasteiger partial charge on any atom is 0.00480 e. The van der Waals surface area contributed by atoms with E-state index in [-0.39, 0.29) is 12.4 Å². The number of halogens is 1. The van der Waals surface area contributed by atoms with Crippen LogP contribution in [0.4, 0.5) is 0 Å². The van der Waals surface area contributed by atoms with Crippen LogP contribution in [0, 0.1) is 17.3 Å². The van der Waals surface area contributed by atoms with Gasteiger partial charge < -0.3 is 10.6 Å². The molecule has 1 saturated heterocycles. The summed E-state index contributed by atoms with van der Waals surface area (Å²) in [7, 11) is 0. The van der Waals surface area contributed by atoms with E-state index in [2.05, 4.69) is 18.7 Å².